The van der Waals surface area contributed by atoms with Gasteiger partial charge >= 0.3 is 115 Å². The van der Waals surface area contributed by atoms with E-state index in [1.165, 1.54) is 12.1 Å². The molecule has 0 amide bonds. The van der Waals surface area contributed by atoms with Crippen LogP contribution in [0.5, 0.6) is 0 Å². The van der Waals surface area contributed by atoms with Crippen molar-refractivity contribution in [3.63, 3.8) is 0 Å². The minimum atomic E-state index is -0.650. The van der Waals surface area contributed by atoms with Gasteiger partial charge in [0, 0.05) is 0 Å². The number of benzene rings is 1. The third-order valence-electron chi connectivity index (χ3n) is 1.86. The van der Waals surface area contributed by atoms with Crippen molar-refractivity contribution in [3.05, 3.63) is 38.4 Å². The fourth-order valence-corrected chi connectivity index (χ4v) is 4.88. The summed E-state index contributed by atoms with van der Waals surface area (Å²) in [6, 6.07) is 3.71. The Morgan fingerprint density at radius 2 is 1.94 bits per heavy atom. The zero-order valence-electron chi connectivity index (χ0n) is 8.94. The molecule has 1 rings (SSSR count). The second kappa shape index (κ2) is 7.09. The van der Waals surface area contributed by atoms with Crippen molar-refractivity contribution in [3.8, 4) is 4.97 Å². The monoisotopic (exact) mass is 381 g/mol. The van der Waals surface area contributed by atoms with Crippen LogP contribution in [0.3, 0.4) is 0 Å². The van der Waals surface area contributed by atoms with Gasteiger partial charge in [-0.05, 0) is 0 Å². The molecular weight excluding hydrogens is 372 g/mol. The molecule has 0 aromatic heterocycles. The number of nitro benzene ring substituents is 2. The summed E-state index contributed by atoms with van der Waals surface area (Å²) in [5, 5.41) is 31.3. The summed E-state index contributed by atoms with van der Waals surface area (Å²) in [5.41, 5.74) is -0.476. The summed E-state index contributed by atoms with van der Waals surface area (Å²) in [4.78, 5) is 22.2. The molecule has 0 aliphatic rings. The average molecular weight is 379 g/mol. The fourth-order valence-electron chi connectivity index (χ4n) is 1.12. The molecular formula is C9H7N3O4Se2. The molecule has 18 heavy (non-hydrogen) atoms. The van der Waals surface area contributed by atoms with Crippen molar-refractivity contribution in [1.82, 2.24) is 0 Å². The SMILES string of the molecule is N#C[Se]CC[Se]c1ccc([N+](=O)[O-])cc1[N+](=O)[O-]. The molecule has 0 saturated heterocycles. The van der Waals surface area contributed by atoms with Crippen LogP contribution in [0.4, 0.5) is 11.4 Å². The molecule has 0 bridgehead atoms. The molecule has 94 valence electrons. The summed E-state index contributed by atoms with van der Waals surface area (Å²) >= 11 is -0.215. The molecule has 0 heterocycles. The number of nitriles is 1. The summed E-state index contributed by atoms with van der Waals surface area (Å²) in [6.07, 6.45) is 0. The van der Waals surface area contributed by atoms with E-state index in [0.29, 0.717) is 4.46 Å². The molecule has 9 heteroatoms. The number of non-ortho nitro benzene ring substituents is 1. The van der Waals surface area contributed by atoms with Crippen molar-refractivity contribution in [2.24, 2.45) is 0 Å². The number of nitro groups is 2. The van der Waals surface area contributed by atoms with Crippen LogP contribution < -0.4 is 4.46 Å². The number of hydrogen-bond acceptors (Lipinski definition) is 5. The third kappa shape index (κ3) is 4.09. The van der Waals surface area contributed by atoms with E-state index < -0.39 is 9.85 Å². The molecule has 0 fully saturated rings. The number of hydrogen-bond donors (Lipinski definition) is 0. The molecule has 0 spiro atoms. The Morgan fingerprint density at radius 1 is 1.22 bits per heavy atom. The van der Waals surface area contributed by atoms with Gasteiger partial charge in [0.1, 0.15) is 0 Å². The second-order valence-electron chi connectivity index (χ2n) is 2.95. The van der Waals surface area contributed by atoms with Gasteiger partial charge in [0.2, 0.25) is 0 Å². The molecule has 7 nitrogen and oxygen atoms in total. The Hall–Kier alpha value is -1.45. The maximum absolute atomic E-state index is 10.8. The van der Waals surface area contributed by atoms with E-state index in [-0.39, 0.29) is 41.3 Å². The first-order valence-corrected chi connectivity index (χ1v) is 8.76. The molecule has 1 aromatic rings. The van der Waals surface area contributed by atoms with E-state index in [1.807, 2.05) is 0 Å². The van der Waals surface area contributed by atoms with Gasteiger partial charge in [0.05, 0.1) is 0 Å². The summed E-state index contributed by atoms with van der Waals surface area (Å²) < 4.78 is 0.534. The van der Waals surface area contributed by atoms with Gasteiger partial charge in [-0.1, -0.05) is 0 Å². The van der Waals surface area contributed by atoms with Gasteiger partial charge in [-0.15, -0.1) is 0 Å². The molecule has 0 N–H and O–H groups in total. The zero-order chi connectivity index (χ0) is 13.5. The molecule has 0 aliphatic heterocycles. The van der Waals surface area contributed by atoms with E-state index >= 15 is 0 Å². The second-order valence-corrected chi connectivity index (χ2v) is 7.18. The normalized spacial score (nSPS) is 9.72. The van der Waals surface area contributed by atoms with Gasteiger partial charge in [0.25, 0.3) is 0 Å². The van der Waals surface area contributed by atoms with Crippen molar-refractivity contribution < 1.29 is 9.85 Å². The molecule has 0 aliphatic carbocycles. The van der Waals surface area contributed by atoms with Crippen LogP contribution in [0.15, 0.2) is 18.2 Å². The summed E-state index contributed by atoms with van der Waals surface area (Å²) in [6.45, 7) is 0. The standard InChI is InChI=1S/C9H7N3O4Se2/c10-6-17-3-4-18-9-2-1-7(11(13)14)5-8(9)12(15)16/h1-2,5H,3-4H2. The first-order valence-electron chi connectivity index (χ1n) is 4.62. The van der Waals surface area contributed by atoms with E-state index in [0.717, 1.165) is 16.7 Å². The molecule has 0 unspecified atom stereocenters. The molecule has 1 aromatic carbocycles. The zero-order valence-corrected chi connectivity index (χ0v) is 12.4. The van der Waals surface area contributed by atoms with E-state index in [9.17, 15) is 20.2 Å². The van der Waals surface area contributed by atoms with Gasteiger partial charge in [-0.25, -0.2) is 0 Å². The molecule has 0 atom stereocenters. The minimum absolute atomic E-state index is 0.0860. The Bertz CT molecular complexity index is 515. The van der Waals surface area contributed by atoms with Crippen molar-refractivity contribution in [2.75, 3.05) is 0 Å². The van der Waals surface area contributed by atoms with Crippen molar-refractivity contribution >= 4 is 45.8 Å². The summed E-state index contributed by atoms with van der Waals surface area (Å²) in [5.74, 6) is 0. The Labute approximate surface area is 115 Å². The third-order valence-corrected chi connectivity index (χ3v) is 6.53. The summed E-state index contributed by atoms with van der Waals surface area (Å²) in [7, 11) is 0. The first kappa shape index (κ1) is 14.6. The van der Waals surface area contributed by atoms with Gasteiger partial charge in [0.15, 0.2) is 0 Å². The predicted molar refractivity (Wildman–Crippen MR) is 66.1 cm³/mol. The van der Waals surface area contributed by atoms with Gasteiger partial charge in [-0.2, -0.15) is 0 Å². The Balaban J connectivity index is 2.87. The maximum atomic E-state index is 10.8. The van der Waals surface area contributed by atoms with Crippen molar-refractivity contribution in [1.29, 1.82) is 5.26 Å². The topological polar surface area (TPSA) is 110 Å². The van der Waals surface area contributed by atoms with Crippen LogP contribution in [-0.4, -0.2) is 39.8 Å². The predicted octanol–water partition coefficient (Wildman–Crippen LogP) is 0.854. The number of nitrogens with zero attached hydrogens (tertiary/aromatic N) is 3. The average Bonchev–Trinajstić information content (AvgIpc) is 2.34. The van der Waals surface area contributed by atoms with Crippen LogP contribution >= 0.6 is 0 Å². The van der Waals surface area contributed by atoms with Crippen LogP contribution in [-0.2, 0) is 0 Å². The van der Waals surface area contributed by atoms with Crippen molar-refractivity contribution in [2.45, 2.75) is 10.6 Å². The van der Waals surface area contributed by atoms with E-state index in [2.05, 4.69) is 4.97 Å². The number of rotatable bonds is 6. The van der Waals surface area contributed by atoms with Crippen LogP contribution in [0.25, 0.3) is 0 Å². The van der Waals surface area contributed by atoms with Crippen LogP contribution in [0.2, 0.25) is 10.6 Å². The Kier molecular flexibility index (Phi) is 5.75. The van der Waals surface area contributed by atoms with Gasteiger partial charge < -0.3 is 0 Å². The first-order chi connectivity index (χ1) is 8.56. The molecule has 0 radical (unpaired) electrons. The fraction of sp³-hybridized carbons (Fsp3) is 0.222. The van der Waals surface area contributed by atoms with Crippen LogP contribution in [0, 0.1) is 30.5 Å². The van der Waals surface area contributed by atoms with Crippen LogP contribution in [0.1, 0.15) is 0 Å². The molecule has 0 saturated carbocycles. The Morgan fingerprint density at radius 3 is 2.50 bits per heavy atom. The quantitative estimate of drug-likeness (QED) is 0.315. The van der Waals surface area contributed by atoms with E-state index in [1.54, 1.807) is 0 Å². The van der Waals surface area contributed by atoms with E-state index in [4.69, 9.17) is 5.26 Å². The van der Waals surface area contributed by atoms with Gasteiger partial charge in [-0.3, -0.25) is 0 Å².